The first-order valence-electron chi connectivity index (χ1n) is 8.30. The zero-order chi connectivity index (χ0) is 21.3. The average molecular weight is 431 g/mol. The number of aromatic nitrogens is 5. The third kappa shape index (κ3) is 4.16. The van der Waals surface area contributed by atoms with E-state index in [1.165, 1.54) is 21.8 Å². The highest BCUT2D eigenvalue weighted by molar-refractivity contribution is 7.99. The highest BCUT2D eigenvalue weighted by Crippen LogP contribution is 2.25. The molecule has 6 nitrogen and oxygen atoms in total. The van der Waals surface area contributed by atoms with Crippen LogP contribution >= 0.6 is 11.8 Å². The number of aryl methyl sites for hydroxylation is 1. The van der Waals surface area contributed by atoms with Gasteiger partial charge in [0.15, 0.2) is 34.2 Å². The molecule has 2 aromatic heterocycles. The molecule has 0 radical (unpaired) electrons. The SMILES string of the molecule is CCSc1nc(=O)c(Cc2ncn(C)n2)cn1Cc1c(F)c(F)c(F)c(F)c1F. The standard InChI is InChI=1S/C17H14F5N5OS/c1-3-29-17-24-16(28)8(4-10-23-7-26(2)25-10)5-27(17)6-9-11(18)13(20)15(22)14(21)12(9)19/h5,7H,3-4,6H2,1-2H3. The van der Waals surface area contributed by atoms with Crippen LogP contribution in [0, 0.1) is 29.1 Å². The molecule has 0 saturated carbocycles. The molecule has 0 N–H and O–H groups in total. The van der Waals surface area contributed by atoms with Crippen LogP contribution < -0.4 is 5.56 Å². The fourth-order valence-electron chi connectivity index (χ4n) is 2.60. The molecular formula is C17H14F5N5OS. The summed E-state index contributed by atoms with van der Waals surface area (Å²) in [6.07, 6.45) is 2.68. The van der Waals surface area contributed by atoms with Gasteiger partial charge in [0, 0.05) is 30.8 Å². The van der Waals surface area contributed by atoms with Gasteiger partial charge in [-0.25, -0.2) is 26.9 Å². The molecule has 29 heavy (non-hydrogen) atoms. The van der Waals surface area contributed by atoms with Crippen molar-refractivity contribution < 1.29 is 22.0 Å². The van der Waals surface area contributed by atoms with Gasteiger partial charge in [0.2, 0.25) is 5.82 Å². The van der Waals surface area contributed by atoms with Crippen LogP contribution in [0.25, 0.3) is 0 Å². The summed E-state index contributed by atoms with van der Waals surface area (Å²) >= 11 is 1.09. The lowest BCUT2D eigenvalue weighted by atomic mass is 10.1. The average Bonchev–Trinajstić information content (AvgIpc) is 3.10. The van der Waals surface area contributed by atoms with Gasteiger partial charge in [-0.15, -0.1) is 0 Å². The summed E-state index contributed by atoms with van der Waals surface area (Å²) < 4.78 is 71.1. The Morgan fingerprint density at radius 3 is 2.21 bits per heavy atom. The Balaban J connectivity index is 2.08. The third-order valence-corrected chi connectivity index (χ3v) is 4.80. The van der Waals surface area contributed by atoms with Gasteiger partial charge in [-0.3, -0.25) is 9.48 Å². The highest BCUT2D eigenvalue weighted by Gasteiger charge is 2.26. The number of hydrogen-bond acceptors (Lipinski definition) is 5. The van der Waals surface area contributed by atoms with Crippen LogP contribution in [0.5, 0.6) is 0 Å². The van der Waals surface area contributed by atoms with Gasteiger partial charge in [-0.1, -0.05) is 18.7 Å². The van der Waals surface area contributed by atoms with Crippen LogP contribution in [0.2, 0.25) is 0 Å². The first-order chi connectivity index (χ1) is 13.7. The summed E-state index contributed by atoms with van der Waals surface area (Å²) in [5.41, 5.74) is -1.51. The number of nitrogens with zero attached hydrogens (tertiary/aromatic N) is 5. The van der Waals surface area contributed by atoms with Crippen molar-refractivity contribution in [2.45, 2.75) is 25.0 Å². The molecule has 1 aromatic carbocycles. The summed E-state index contributed by atoms with van der Waals surface area (Å²) in [6, 6.07) is 0. The third-order valence-electron chi connectivity index (χ3n) is 3.93. The van der Waals surface area contributed by atoms with Crippen molar-refractivity contribution in [3.05, 3.63) is 68.9 Å². The lowest BCUT2D eigenvalue weighted by molar-refractivity contribution is 0.366. The van der Waals surface area contributed by atoms with E-state index < -0.39 is 46.8 Å². The molecule has 0 amide bonds. The second kappa shape index (κ2) is 8.31. The summed E-state index contributed by atoms with van der Waals surface area (Å²) in [4.78, 5) is 20.2. The molecule has 0 aliphatic heterocycles. The normalized spacial score (nSPS) is 11.3. The number of thioether (sulfide) groups is 1. The first-order valence-corrected chi connectivity index (χ1v) is 9.29. The molecule has 0 spiro atoms. The van der Waals surface area contributed by atoms with Gasteiger partial charge in [0.05, 0.1) is 6.54 Å². The van der Waals surface area contributed by atoms with Crippen LogP contribution in [-0.2, 0) is 20.0 Å². The van der Waals surface area contributed by atoms with E-state index in [1.54, 1.807) is 14.0 Å². The van der Waals surface area contributed by atoms with Gasteiger partial charge < -0.3 is 4.57 Å². The second-order valence-electron chi connectivity index (χ2n) is 5.97. The fourth-order valence-corrected chi connectivity index (χ4v) is 3.28. The van der Waals surface area contributed by atoms with E-state index in [-0.39, 0.29) is 17.1 Å². The van der Waals surface area contributed by atoms with Gasteiger partial charge in [0.1, 0.15) is 6.33 Å². The van der Waals surface area contributed by atoms with Crippen molar-refractivity contribution in [2.24, 2.45) is 7.05 Å². The predicted octanol–water partition coefficient (Wildman–Crippen LogP) is 2.82. The van der Waals surface area contributed by atoms with Crippen molar-refractivity contribution in [3.8, 4) is 0 Å². The topological polar surface area (TPSA) is 65.6 Å². The summed E-state index contributed by atoms with van der Waals surface area (Å²) in [6.45, 7) is 1.05. The lowest BCUT2D eigenvalue weighted by Gasteiger charge is -2.15. The molecule has 2 heterocycles. The zero-order valence-corrected chi connectivity index (χ0v) is 16.0. The second-order valence-corrected chi connectivity index (χ2v) is 7.21. The molecule has 154 valence electrons. The number of benzene rings is 1. The molecule has 12 heteroatoms. The number of halogens is 5. The van der Waals surface area contributed by atoms with Crippen molar-refractivity contribution in [1.29, 1.82) is 0 Å². The molecule has 0 atom stereocenters. The fraction of sp³-hybridized carbons (Fsp3) is 0.294. The summed E-state index contributed by atoms with van der Waals surface area (Å²) in [5.74, 6) is -9.38. The Morgan fingerprint density at radius 1 is 1.03 bits per heavy atom. The molecule has 0 saturated heterocycles. The quantitative estimate of drug-likeness (QED) is 0.198. The highest BCUT2D eigenvalue weighted by atomic mass is 32.2. The van der Waals surface area contributed by atoms with Crippen LogP contribution in [0.15, 0.2) is 22.5 Å². The largest absolute Gasteiger partial charge is 0.322 e. The maximum Gasteiger partial charge on any atom is 0.277 e. The predicted molar refractivity (Wildman–Crippen MR) is 94.0 cm³/mol. The molecule has 3 aromatic rings. The van der Waals surface area contributed by atoms with E-state index in [1.807, 2.05) is 0 Å². The Labute approximate surface area is 165 Å². The first kappa shape index (κ1) is 21.0. The van der Waals surface area contributed by atoms with E-state index in [0.717, 1.165) is 11.8 Å². The molecule has 0 aliphatic rings. The number of hydrogen-bond donors (Lipinski definition) is 0. The molecule has 0 fully saturated rings. The van der Waals surface area contributed by atoms with Crippen LogP contribution in [0.3, 0.4) is 0 Å². The van der Waals surface area contributed by atoms with Gasteiger partial charge in [-0.05, 0) is 5.75 Å². The molecular weight excluding hydrogens is 417 g/mol. The summed E-state index contributed by atoms with van der Waals surface area (Å²) in [7, 11) is 1.64. The minimum atomic E-state index is -2.23. The monoisotopic (exact) mass is 431 g/mol. The van der Waals surface area contributed by atoms with Crippen LogP contribution in [-0.4, -0.2) is 30.1 Å². The Bertz CT molecular complexity index is 1100. The van der Waals surface area contributed by atoms with Gasteiger partial charge in [-0.2, -0.15) is 10.1 Å². The van der Waals surface area contributed by atoms with Crippen LogP contribution in [0.1, 0.15) is 23.9 Å². The molecule has 0 bridgehead atoms. The minimum absolute atomic E-state index is 0.0130. The lowest BCUT2D eigenvalue weighted by Crippen LogP contribution is -2.21. The maximum absolute atomic E-state index is 14.1. The molecule has 0 unspecified atom stereocenters. The Morgan fingerprint density at radius 2 is 1.66 bits per heavy atom. The zero-order valence-electron chi connectivity index (χ0n) is 15.2. The van der Waals surface area contributed by atoms with Crippen molar-refractivity contribution >= 4 is 11.8 Å². The van der Waals surface area contributed by atoms with Crippen molar-refractivity contribution in [1.82, 2.24) is 24.3 Å². The van der Waals surface area contributed by atoms with Gasteiger partial charge >= 0.3 is 0 Å². The molecule has 0 aliphatic carbocycles. The van der Waals surface area contributed by atoms with E-state index >= 15 is 0 Å². The number of rotatable bonds is 6. The van der Waals surface area contributed by atoms with E-state index in [0.29, 0.717) is 11.6 Å². The summed E-state index contributed by atoms with van der Waals surface area (Å²) in [5, 5.41) is 4.13. The Hall–Kier alpha value is -2.76. The van der Waals surface area contributed by atoms with E-state index in [4.69, 9.17) is 0 Å². The van der Waals surface area contributed by atoms with E-state index in [9.17, 15) is 26.7 Å². The maximum atomic E-state index is 14.1. The smallest absolute Gasteiger partial charge is 0.277 e. The van der Waals surface area contributed by atoms with Gasteiger partial charge in [0.25, 0.3) is 5.56 Å². The van der Waals surface area contributed by atoms with E-state index in [2.05, 4.69) is 15.1 Å². The minimum Gasteiger partial charge on any atom is -0.322 e. The van der Waals surface area contributed by atoms with Crippen LogP contribution in [0.4, 0.5) is 22.0 Å². The Kier molecular flexibility index (Phi) is 6.01. The molecule has 3 rings (SSSR count). The van der Waals surface area contributed by atoms with Crippen molar-refractivity contribution in [2.75, 3.05) is 5.75 Å². The van der Waals surface area contributed by atoms with Crippen molar-refractivity contribution in [3.63, 3.8) is 0 Å².